The van der Waals surface area contributed by atoms with Crippen molar-refractivity contribution in [2.45, 2.75) is 32.7 Å². The highest BCUT2D eigenvalue weighted by atomic mass is 16.5. The van der Waals surface area contributed by atoms with Crippen molar-refractivity contribution in [3.05, 3.63) is 47.8 Å². The Morgan fingerprint density at radius 1 is 1.39 bits per heavy atom. The fourth-order valence-electron chi connectivity index (χ4n) is 2.16. The lowest BCUT2D eigenvalue weighted by Crippen LogP contribution is -2.36. The largest absolute Gasteiger partial charge is 0.487 e. The molecular weight excluding hydrogens is 226 g/mol. The quantitative estimate of drug-likeness (QED) is 0.895. The topological polar surface area (TPSA) is 39.1 Å². The number of rotatable bonds is 3. The maximum atomic E-state index is 5.70. The molecule has 18 heavy (non-hydrogen) atoms. The molecule has 0 saturated carbocycles. The van der Waals surface area contributed by atoms with Crippen molar-refractivity contribution in [3.8, 4) is 5.75 Å². The van der Waals surface area contributed by atoms with E-state index in [2.05, 4.69) is 28.1 Å². The average Bonchev–Trinajstić information content (AvgIpc) is 2.79. The van der Waals surface area contributed by atoms with Crippen molar-refractivity contribution >= 4 is 0 Å². The summed E-state index contributed by atoms with van der Waals surface area (Å²) >= 11 is 0. The predicted octanol–water partition coefficient (Wildman–Crippen LogP) is 1.95. The molecule has 1 aromatic heterocycles. The number of fused-ring (bicyclic) bond motifs is 1. The molecule has 1 atom stereocenters. The summed E-state index contributed by atoms with van der Waals surface area (Å²) in [5.74, 6) is 0.884. The fourth-order valence-corrected chi connectivity index (χ4v) is 2.16. The molecule has 2 aromatic rings. The smallest absolute Gasteiger partial charge is 0.132 e. The van der Waals surface area contributed by atoms with Gasteiger partial charge in [-0.25, -0.2) is 0 Å². The van der Waals surface area contributed by atoms with E-state index in [4.69, 9.17) is 4.74 Å². The van der Waals surface area contributed by atoms with Crippen LogP contribution < -0.4 is 10.1 Å². The molecule has 4 nitrogen and oxygen atoms in total. The third-order valence-corrected chi connectivity index (χ3v) is 3.12. The van der Waals surface area contributed by atoms with Crippen LogP contribution in [0.2, 0.25) is 0 Å². The monoisotopic (exact) mass is 243 g/mol. The van der Waals surface area contributed by atoms with E-state index in [0.717, 1.165) is 24.5 Å². The van der Waals surface area contributed by atoms with E-state index in [0.29, 0.717) is 12.6 Å². The Balaban J connectivity index is 1.67. The van der Waals surface area contributed by atoms with Gasteiger partial charge >= 0.3 is 0 Å². The summed E-state index contributed by atoms with van der Waals surface area (Å²) in [5, 5.41) is 7.99. The second kappa shape index (κ2) is 4.82. The molecule has 0 radical (unpaired) electrons. The van der Waals surface area contributed by atoms with Gasteiger partial charge in [-0.05, 0) is 25.1 Å². The highest BCUT2D eigenvalue weighted by Crippen LogP contribution is 2.14. The van der Waals surface area contributed by atoms with Crippen LogP contribution in [-0.2, 0) is 19.7 Å². The van der Waals surface area contributed by atoms with E-state index in [-0.39, 0.29) is 0 Å². The van der Waals surface area contributed by atoms with Gasteiger partial charge in [-0.1, -0.05) is 18.2 Å². The fraction of sp³-hybridized carbons (Fsp3) is 0.357. The van der Waals surface area contributed by atoms with Gasteiger partial charge in [0.05, 0.1) is 12.2 Å². The van der Waals surface area contributed by atoms with Gasteiger partial charge in [-0.3, -0.25) is 4.68 Å². The molecular formula is C14H17N3O. The van der Waals surface area contributed by atoms with Gasteiger partial charge in [-0.15, -0.1) is 0 Å². The van der Waals surface area contributed by atoms with E-state index >= 15 is 0 Å². The Morgan fingerprint density at radius 3 is 3.06 bits per heavy atom. The average molecular weight is 243 g/mol. The zero-order chi connectivity index (χ0) is 12.4. The first-order valence-corrected chi connectivity index (χ1v) is 6.28. The minimum Gasteiger partial charge on any atom is -0.487 e. The molecule has 3 rings (SSSR count). The lowest BCUT2D eigenvalue weighted by molar-refractivity contribution is 0.298. The number of nitrogens with zero attached hydrogens (tertiary/aromatic N) is 2. The molecule has 1 unspecified atom stereocenters. The highest BCUT2D eigenvalue weighted by Gasteiger charge is 2.16. The Morgan fingerprint density at radius 2 is 2.22 bits per heavy atom. The summed E-state index contributed by atoms with van der Waals surface area (Å²) in [4.78, 5) is 0. The first-order chi connectivity index (χ1) is 8.81. The molecule has 0 amide bonds. The standard InChI is InChI=1S/C14H17N3O/c1-11-9-17-13(8-15-11)7-12(16-17)10-18-14-5-3-2-4-6-14/h2-7,11,15H,8-10H2,1H3. The zero-order valence-electron chi connectivity index (χ0n) is 10.5. The summed E-state index contributed by atoms with van der Waals surface area (Å²) in [6.07, 6.45) is 0. The van der Waals surface area contributed by atoms with Gasteiger partial charge in [0.25, 0.3) is 0 Å². The number of ether oxygens (including phenoxy) is 1. The Labute approximate surface area is 107 Å². The van der Waals surface area contributed by atoms with Crippen molar-refractivity contribution in [2.24, 2.45) is 0 Å². The summed E-state index contributed by atoms with van der Waals surface area (Å²) in [6.45, 7) is 4.52. The Hall–Kier alpha value is -1.81. The minimum atomic E-state index is 0.486. The van der Waals surface area contributed by atoms with Crippen molar-refractivity contribution in [1.29, 1.82) is 0 Å². The molecule has 1 aromatic carbocycles. The van der Waals surface area contributed by atoms with Crippen LogP contribution >= 0.6 is 0 Å². The Kier molecular flexibility index (Phi) is 3.02. The summed E-state index contributed by atoms with van der Waals surface area (Å²) in [6, 6.07) is 12.4. The molecule has 1 N–H and O–H groups in total. The van der Waals surface area contributed by atoms with E-state index in [1.807, 2.05) is 30.3 Å². The van der Waals surface area contributed by atoms with Crippen LogP contribution in [0.15, 0.2) is 36.4 Å². The maximum absolute atomic E-state index is 5.70. The van der Waals surface area contributed by atoms with Gasteiger partial charge in [0.15, 0.2) is 0 Å². The van der Waals surface area contributed by atoms with Gasteiger partial charge in [0.2, 0.25) is 0 Å². The van der Waals surface area contributed by atoms with Gasteiger partial charge in [0.1, 0.15) is 18.1 Å². The number of benzene rings is 1. The highest BCUT2D eigenvalue weighted by molar-refractivity contribution is 5.21. The maximum Gasteiger partial charge on any atom is 0.132 e. The molecule has 0 fully saturated rings. The molecule has 0 spiro atoms. The second-order valence-electron chi connectivity index (χ2n) is 4.69. The van der Waals surface area contributed by atoms with Gasteiger partial charge in [-0.2, -0.15) is 5.10 Å². The number of nitrogens with one attached hydrogen (secondary N) is 1. The molecule has 0 bridgehead atoms. The Bertz CT molecular complexity index is 521. The second-order valence-corrected chi connectivity index (χ2v) is 4.69. The number of para-hydroxylation sites is 1. The lowest BCUT2D eigenvalue weighted by atomic mass is 10.2. The zero-order valence-corrected chi connectivity index (χ0v) is 10.5. The van der Waals surface area contributed by atoms with E-state index in [1.54, 1.807) is 0 Å². The van der Waals surface area contributed by atoms with Gasteiger partial charge in [0, 0.05) is 12.6 Å². The van der Waals surface area contributed by atoms with Crippen molar-refractivity contribution in [1.82, 2.24) is 15.1 Å². The molecule has 4 heteroatoms. The molecule has 94 valence electrons. The SMILES string of the molecule is CC1Cn2nc(COc3ccccc3)cc2CN1. The van der Waals surface area contributed by atoms with E-state index < -0.39 is 0 Å². The summed E-state index contributed by atoms with van der Waals surface area (Å²) in [5.41, 5.74) is 2.23. The van der Waals surface area contributed by atoms with E-state index in [1.165, 1.54) is 5.69 Å². The predicted molar refractivity (Wildman–Crippen MR) is 69.3 cm³/mol. The van der Waals surface area contributed by atoms with Crippen LogP contribution in [0.3, 0.4) is 0 Å². The first-order valence-electron chi connectivity index (χ1n) is 6.28. The minimum absolute atomic E-state index is 0.486. The van der Waals surface area contributed by atoms with Crippen LogP contribution in [0.25, 0.3) is 0 Å². The van der Waals surface area contributed by atoms with Crippen LogP contribution in [0.4, 0.5) is 0 Å². The molecule has 0 aliphatic carbocycles. The number of hydrogen-bond acceptors (Lipinski definition) is 3. The first kappa shape index (κ1) is 11.3. The van der Waals surface area contributed by atoms with Crippen molar-refractivity contribution < 1.29 is 4.74 Å². The van der Waals surface area contributed by atoms with Crippen LogP contribution in [0.5, 0.6) is 5.75 Å². The van der Waals surface area contributed by atoms with Crippen molar-refractivity contribution in [3.63, 3.8) is 0 Å². The van der Waals surface area contributed by atoms with Crippen molar-refractivity contribution in [2.75, 3.05) is 0 Å². The normalized spacial score (nSPS) is 18.4. The summed E-state index contributed by atoms with van der Waals surface area (Å²) < 4.78 is 7.77. The third kappa shape index (κ3) is 2.38. The molecule has 2 heterocycles. The number of hydrogen-bond donors (Lipinski definition) is 1. The third-order valence-electron chi connectivity index (χ3n) is 3.12. The van der Waals surface area contributed by atoms with E-state index in [9.17, 15) is 0 Å². The lowest BCUT2D eigenvalue weighted by Gasteiger charge is -2.21. The van der Waals surface area contributed by atoms with Gasteiger partial charge < -0.3 is 10.1 Å². The number of aromatic nitrogens is 2. The van der Waals surface area contributed by atoms with Crippen LogP contribution in [-0.4, -0.2) is 15.8 Å². The van der Waals surface area contributed by atoms with Crippen LogP contribution in [0, 0.1) is 0 Å². The molecule has 1 aliphatic heterocycles. The van der Waals surface area contributed by atoms with Crippen LogP contribution in [0.1, 0.15) is 18.3 Å². The molecule has 0 saturated heterocycles. The molecule has 1 aliphatic rings. The summed E-state index contributed by atoms with van der Waals surface area (Å²) in [7, 11) is 0.